The van der Waals surface area contributed by atoms with Gasteiger partial charge in [0.25, 0.3) is 0 Å². The Kier molecular flexibility index (Phi) is 5.49. The summed E-state index contributed by atoms with van der Waals surface area (Å²) in [5.74, 6) is 0. The van der Waals surface area contributed by atoms with Gasteiger partial charge in [0, 0.05) is 35.7 Å². The van der Waals surface area contributed by atoms with Gasteiger partial charge in [-0.15, -0.1) is 0 Å². The van der Waals surface area contributed by atoms with Crippen LogP contribution in [0.1, 0.15) is 12.0 Å². The van der Waals surface area contributed by atoms with Gasteiger partial charge in [0.2, 0.25) is 0 Å². The predicted molar refractivity (Wildman–Crippen MR) is 81.4 cm³/mol. The van der Waals surface area contributed by atoms with E-state index < -0.39 is 0 Å². The van der Waals surface area contributed by atoms with Crippen molar-refractivity contribution in [1.29, 1.82) is 0 Å². The lowest BCUT2D eigenvalue weighted by atomic mass is 10.1. The Morgan fingerprint density at radius 2 is 1.89 bits per heavy atom. The van der Waals surface area contributed by atoms with E-state index >= 15 is 0 Å². The summed E-state index contributed by atoms with van der Waals surface area (Å²) in [5.41, 5.74) is 1.32. The molecule has 0 radical (unpaired) electrons. The summed E-state index contributed by atoms with van der Waals surface area (Å²) in [7, 11) is 2.20. The van der Waals surface area contributed by atoms with Crippen LogP contribution in [0.5, 0.6) is 0 Å². The highest BCUT2D eigenvalue weighted by atomic mass is 79.9. The van der Waals surface area contributed by atoms with Gasteiger partial charge in [-0.05, 0) is 50.2 Å². The Labute approximate surface area is 123 Å². The molecule has 18 heavy (non-hydrogen) atoms. The maximum absolute atomic E-state index is 6.05. The largest absolute Gasteiger partial charge is 0.304 e. The van der Waals surface area contributed by atoms with Crippen LogP contribution in [0, 0.1) is 0 Å². The molecule has 0 aromatic heterocycles. The van der Waals surface area contributed by atoms with E-state index in [4.69, 9.17) is 11.6 Å². The molecule has 1 aliphatic heterocycles. The molecule has 0 aliphatic carbocycles. The minimum Gasteiger partial charge on any atom is -0.304 e. The summed E-state index contributed by atoms with van der Waals surface area (Å²) >= 11 is 9.54. The van der Waals surface area contributed by atoms with E-state index in [1.54, 1.807) is 0 Å². The number of nitrogens with zero attached hydrogens (tertiary/aromatic N) is 2. The van der Waals surface area contributed by atoms with Crippen LogP contribution in [0.3, 0.4) is 0 Å². The summed E-state index contributed by atoms with van der Waals surface area (Å²) in [6.07, 6.45) is 2.31. The summed E-state index contributed by atoms with van der Waals surface area (Å²) in [4.78, 5) is 4.95. The molecule has 1 aliphatic rings. The molecule has 1 aromatic carbocycles. The third kappa shape index (κ3) is 4.54. The van der Waals surface area contributed by atoms with Crippen LogP contribution in [0.25, 0.3) is 0 Å². The molecule has 100 valence electrons. The molecule has 1 heterocycles. The molecule has 0 bridgehead atoms. The van der Waals surface area contributed by atoms with Crippen LogP contribution in [0.4, 0.5) is 0 Å². The molecule has 4 heteroatoms. The second-order valence-corrected chi connectivity index (χ2v) is 6.38. The highest BCUT2D eigenvalue weighted by Crippen LogP contribution is 2.20. The van der Waals surface area contributed by atoms with Crippen LogP contribution in [-0.4, -0.2) is 49.6 Å². The molecule has 0 saturated carbocycles. The first-order valence-corrected chi connectivity index (χ1v) is 7.66. The lowest BCUT2D eigenvalue weighted by molar-refractivity contribution is 0.153. The Balaban J connectivity index is 1.74. The SMILES string of the molecule is CN1CCN(CCCc2cc(Cl)cc(Br)c2)CC1. The van der Waals surface area contributed by atoms with Crippen LogP contribution < -0.4 is 0 Å². The molecule has 2 rings (SSSR count). The average Bonchev–Trinajstić information content (AvgIpc) is 2.30. The van der Waals surface area contributed by atoms with Crippen LogP contribution in [-0.2, 0) is 6.42 Å². The molecule has 0 spiro atoms. The van der Waals surface area contributed by atoms with Crippen LogP contribution in [0.2, 0.25) is 5.02 Å². The van der Waals surface area contributed by atoms with Crippen molar-refractivity contribution < 1.29 is 0 Å². The molecule has 1 fully saturated rings. The Morgan fingerprint density at radius 1 is 1.17 bits per heavy atom. The second kappa shape index (κ2) is 6.90. The normalized spacial score (nSPS) is 18.2. The van der Waals surface area contributed by atoms with Crippen molar-refractivity contribution in [2.24, 2.45) is 0 Å². The first kappa shape index (κ1) is 14.3. The molecule has 1 aromatic rings. The zero-order chi connectivity index (χ0) is 13.0. The fourth-order valence-electron chi connectivity index (χ4n) is 2.33. The lowest BCUT2D eigenvalue weighted by Gasteiger charge is -2.32. The summed E-state index contributed by atoms with van der Waals surface area (Å²) in [6, 6.07) is 6.16. The first-order chi connectivity index (χ1) is 8.63. The summed E-state index contributed by atoms with van der Waals surface area (Å²) < 4.78 is 1.07. The lowest BCUT2D eigenvalue weighted by Crippen LogP contribution is -2.44. The zero-order valence-electron chi connectivity index (χ0n) is 10.8. The van der Waals surface area contributed by atoms with Gasteiger partial charge in [0.05, 0.1) is 0 Å². The molecule has 0 N–H and O–H groups in total. The van der Waals surface area contributed by atoms with Crippen molar-refractivity contribution >= 4 is 27.5 Å². The number of likely N-dealkylation sites (N-methyl/N-ethyl adjacent to an activating group) is 1. The third-order valence-electron chi connectivity index (χ3n) is 3.46. The van der Waals surface area contributed by atoms with Gasteiger partial charge in [-0.2, -0.15) is 0 Å². The van der Waals surface area contributed by atoms with Gasteiger partial charge in [-0.25, -0.2) is 0 Å². The predicted octanol–water partition coefficient (Wildman–Crippen LogP) is 3.28. The maximum atomic E-state index is 6.05. The Hall–Kier alpha value is -0.0900. The first-order valence-electron chi connectivity index (χ1n) is 6.49. The van der Waals surface area contributed by atoms with E-state index in [2.05, 4.69) is 44.9 Å². The summed E-state index contributed by atoms with van der Waals surface area (Å²) in [5, 5.41) is 0.818. The minimum absolute atomic E-state index is 0.818. The average molecular weight is 332 g/mol. The van der Waals surface area contributed by atoms with Crippen molar-refractivity contribution in [3.63, 3.8) is 0 Å². The molecule has 2 nitrogen and oxygen atoms in total. The zero-order valence-corrected chi connectivity index (χ0v) is 13.2. The van der Waals surface area contributed by atoms with Gasteiger partial charge in [-0.3, -0.25) is 0 Å². The van der Waals surface area contributed by atoms with Crippen LogP contribution >= 0.6 is 27.5 Å². The van der Waals surface area contributed by atoms with Crippen LogP contribution in [0.15, 0.2) is 22.7 Å². The summed E-state index contributed by atoms with van der Waals surface area (Å²) in [6.45, 7) is 5.99. The topological polar surface area (TPSA) is 6.48 Å². The second-order valence-electron chi connectivity index (χ2n) is 5.03. The molecular formula is C14H20BrClN2. The van der Waals surface area contributed by atoms with E-state index in [1.807, 2.05) is 6.07 Å². The standard InChI is InChI=1S/C14H20BrClN2/c1-17-5-7-18(8-6-17)4-2-3-12-9-13(15)11-14(16)10-12/h9-11H,2-8H2,1H3. The minimum atomic E-state index is 0.818. The molecule has 0 unspecified atom stereocenters. The highest BCUT2D eigenvalue weighted by Gasteiger charge is 2.12. The van der Waals surface area contributed by atoms with Gasteiger partial charge >= 0.3 is 0 Å². The van der Waals surface area contributed by atoms with Crippen molar-refractivity contribution in [3.05, 3.63) is 33.3 Å². The number of piperazine rings is 1. The van der Waals surface area contributed by atoms with Gasteiger partial charge in [0.1, 0.15) is 0 Å². The van der Waals surface area contributed by atoms with Crippen molar-refractivity contribution in [3.8, 4) is 0 Å². The molecular weight excluding hydrogens is 312 g/mol. The maximum Gasteiger partial charge on any atom is 0.0419 e. The number of halogens is 2. The van der Waals surface area contributed by atoms with Crippen molar-refractivity contribution in [2.75, 3.05) is 39.8 Å². The Bertz CT molecular complexity index is 369. The van der Waals surface area contributed by atoms with Gasteiger partial charge in [-0.1, -0.05) is 27.5 Å². The van der Waals surface area contributed by atoms with E-state index in [0.29, 0.717) is 0 Å². The molecule has 1 saturated heterocycles. The number of hydrogen-bond donors (Lipinski definition) is 0. The quantitative estimate of drug-likeness (QED) is 0.835. The van der Waals surface area contributed by atoms with Crippen molar-refractivity contribution in [2.45, 2.75) is 12.8 Å². The van der Waals surface area contributed by atoms with E-state index in [0.717, 1.165) is 15.9 Å². The number of benzene rings is 1. The van der Waals surface area contributed by atoms with E-state index in [-0.39, 0.29) is 0 Å². The highest BCUT2D eigenvalue weighted by molar-refractivity contribution is 9.10. The van der Waals surface area contributed by atoms with Gasteiger partial charge < -0.3 is 9.80 Å². The smallest absolute Gasteiger partial charge is 0.0419 e. The Morgan fingerprint density at radius 3 is 2.56 bits per heavy atom. The third-order valence-corrected chi connectivity index (χ3v) is 4.13. The van der Waals surface area contributed by atoms with Gasteiger partial charge in [0.15, 0.2) is 0 Å². The van der Waals surface area contributed by atoms with Crippen molar-refractivity contribution in [1.82, 2.24) is 9.80 Å². The fourth-order valence-corrected chi connectivity index (χ4v) is 3.26. The number of hydrogen-bond acceptors (Lipinski definition) is 2. The number of rotatable bonds is 4. The van der Waals surface area contributed by atoms with E-state index in [9.17, 15) is 0 Å². The molecule has 0 amide bonds. The number of aryl methyl sites for hydroxylation is 1. The molecule has 0 atom stereocenters. The van der Waals surface area contributed by atoms with E-state index in [1.165, 1.54) is 44.7 Å². The monoisotopic (exact) mass is 330 g/mol. The fraction of sp³-hybridized carbons (Fsp3) is 0.571.